The Balaban J connectivity index is 1.92. The summed E-state index contributed by atoms with van der Waals surface area (Å²) in [6.45, 7) is 0.208. The lowest BCUT2D eigenvalue weighted by atomic mass is 10.1. The number of rotatable bonds is 8. The van der Waals surface area contributed by atoms with Gasteiger partial charge in [0.1, 0.15) is 5.70 Å². The monoisotopic (exact) mass is 431 g/mol. The molecule has 3 rings (SSSR count). The maximum absolute atomic E-state index is 13.0. The van der Waals surface area contributed by atoms with Crippen LogP contribution in [0.15, 0.2) is 78.5 Å². The molecule has 32 heavy (non-hydrogen) atoms. The van der Waals surface area contributed by atoms with Gasteiger partial charge in [-0.3, -0.25) is 9.59 Å². The third-order valence-electron chi connectivity index (χ3n) is 4.76. The number of methoxy groups -OCH3 is 2. The summed E-state index contributed by atoms with van der Waals surface area (Å²) < 4.78 is 10.8. The van der Waals surface area contributed by atoms with Gasteiger partial charge in [0, 0.05) is 23.4 Å². The summed E-state index contributed by atoms with van der Waals surface area (Å²) in [7, 11) is 3.04. The molecule has 3 aromatic carbocycles. The zero-order valence-electron chi connectivity index (χ0n) is 17.9. The Morgan fingerprint density at radius 2 is 1.62 bits per heavy atom. The lowest BCUT2D eigenvalue weighted by Gasteiger charge is -2.14. The maximum Gasteiger partial charge on any atom is 0.268 e. The Bertz CT molecular complexity index is 1130. The first-order valence-electron chi connectivity index (χ1n) is 9.94. The van der Waals surface area contributed by atoms with Crippen LogP contribution in [0.1, 0.15) is 21.5 Å². The van der Waals surface area contributed by atoms with Crippen LogP contribution >= 0.6 is 0 Å². The van der Waals surface area contributed by atoms with Crippen LogP contribution in [0.2, 0.25) is 0 Å². The van der Waals surface area contributed by atoms with Crippen molar-refractivity contribution in [1.29, 1.82) is 0 Å². The Morgan fingerprint density at radius 1 is 0.906 bits per heavy atom. The molecule has 0 unspecified atom stereocenters. The standard InChI is InChI=1S/C25H25N3O4/c1-31-22-14-8-12-18(23(22)32-2)15-21(28-24(29)17-9-4-3-5-10-17)25(30)27-16-19-11-6-7-13-20(19)26/h3-15H,16,26H2,1-2H3,(H,27,30)(H,28,29)/b21-15-. The van der Waals surface area contributed by atoms with Crippen molar-refractivity contribution in [2.45, 2.75) is 6.54 Å². The van der Waals surface area contributed by atoms with E-state index in [1.807, 2.05) is 24.3 Å². The second-order valence-corrected chi connectivity index (χ2v) is 6.84. The van der Waals surface area contributed by atoms with E-state index in [0.717, 1.165) is 5.56 Å². The summed E-state index contributed by atoms with van der Waals surface area (Å²) in [6.07, 6.45) is 1.55. The van der Waals surface area contributed by atoms with Gasteiger partial charge in [-0.2, -0.15) is 0 Å². The summed E-state index contributed by atoms with van der Waals surface area (Å²) in [5, 5.41) is 5.51. The molecule has 3 aromatic rings. The van der Waals surface area contributed by atoms with Gasteiger partial charge in [0.2, 0.25) is 0 Å². The van der Waals surface area contributed by atoms with E-state index >= 15 is 0 Å². The number of nitrogens with two attached hydrogens (primary N) is 1. The number of carbonyl (C=O) groups excluding carboxylic acids is 2. The van der Waals surface area contributed by atoms with Gasteiger partial charge in [0.25, 0.3) is 11.8 Å². The Labute approximate surface area is 186 Å². The minimum absolute atomic E-state index is 0.0555. The van der Waals surface area contributed by atoms with Crippen LogP contribution in [0, 0.1) is 0 Å². The molecular weight excluding hydrogens is 406 g/mol. The minimum Gasteiger partial charge on any atom is -0.493 e. The van der Waals surface area contributed by atoms with Crippen LogP contribution in [-0.4, -0.2) is 26.0 Å². The molecule has 0 heterocycles. The number of para-hydroxylation sites is 2. The summed E-state index contributed by atoms with van der Waals surface area (Å²) >= 11 is 0. The van der Waals surface area contributed by atoms with E-state index in [-0.39, 0.29) is 12.2 Å². The fourth-order valence-corrected chi connectivity index (χ4v) is 3.09. The van der Waals surface area contributed by atoms with Crippen molar-refractivity contribution < 1.29 is 19.1 Å². The molecule has 164 valence electrons. The van der Waals surface area contributed by atoms with Crippen molar-refractivity contribution in [2.75, 3.05) is 20.0 Å². The van der Waals surface area contributed by atoms with Crippen LogP contribution in [0.25, 0.3) is 6.08 Å². The molecule has 7 nitrogen and oxygen atoms in total. The molecule has 0 fully saturated rings. The first-order valence-corrected chi connectivity index (χ1v) is 9.94. The largest absolute Gasteiger partial charge is 0.493 e. The molecule has 0 aromatic heterocycles. The van der Waals surface area contributed by atoms with Crippen LogP contribution in [0.4, 0.5) is 5.69 Å². The molecule has 7 heteroatoms. The molecular formula is C25H25N3O4. The average Bonchev–Trinajstić information content (AvgIpc) is 2.83. The van der Waals surface area contributed by atoms with Gasteiger partial charge in [-0.25, -0.2) is 0 Å². The van der Waals surface area contributed by atoms with E-state index in [0.29, 0.717) is 28.3 Å². The quantitative estimate of drug-likeness (QED) is 0.375. The summed E-state index contributed by atoms with van der Waals surface area (Å²) in [6, 6.07) is 21.2. The van der Waals surface area contributed by atoms with Gasteiger partial charge in [0.05, 0.1) is 14.2 Å². The third kappa shape index (κ3) is 5.46. The number of amides is 2. The number of hydrogen-bond donors (Lipinski definition) is 3. The van der Waals surface area contributed by atoms with Crippen molar-refractivity contribution >= 4 is 23.6 Å². The molecule has 0 saturated carbocycles. The van der Waals surface area contributed by atoms with E-state index in [4.69, 9.17) is 15.2 Å². The van der Waals surface area contributed by atoms with Gasteiger partial charge in [-0.05, 0) is 35.9 Å². The summed E-state index contributed by atoms with van der Waals surface area (Å²) in [4.78, 5) is 25.8. The third-order valence-corrected chi connectivity index (χ3v) is 4.76. The first kappa shape index (κ1) is 22.4. The van der Waals surface area contributed by atoms with E-state index in [1.165, 1.54) is 14.2 Å². The second kappa shape index (κ2) is 10.7. The number of ether oxygens (including phenoxy) is 2. The topological polar surface area (TPSA) is 103 Å². The maximum atomic E-state index is 13.0. The number of hydrogen-bond acceptors (Lipinski definition) is 5. The zero-order chi connectivity index (χ0) is 22.9. The average molecular weight is 431 g/mol. The predicted octanol–water partition coefficient (Wildman–Crippen LogP) is 3.37. The molecule has 0 aliphatic rings. The number of nitrogen functional groups attached to an aromatic ring is 1. The molecule has 0 bridgehead atoms. The highest BCUT2D eigenvalue weighted by Gasteiger charge is 2.17. The van der Waals surface area contributed by atoms with Crippen molar-refractivity contribution in [2.24, 2.45) is 0 Å². The van der Waals surface area contributed by atoms with Crippen molar-refractivity contribution in [3.05, 3.63) is 95.2 Å². The normalized spacial score (nSPS) is 10.9. The Kier molecular flexibility index (Phi) is 7.48. The van der Waals surface area contributed by atoms with Gasteiger partial charge < -0.3 is 25.8 Å². The SMILES string of the molecule is COc1cccc(/C=C(\NC(=O)c2ccccc2)C(=O)NCc2ccccc2N)c1OC. The molecule has 0 radical (unpaired) electrons. The minimum atomic E-state index is -0.470. The molecule has 0 saturated heterocycles. The fourth-order valence-electron chi connectivity index (χ4n) is 3.09. The van der Waals surface area contributed by atoms with E-state index in [1.54, 1.807) is 54.6 Å². The lowest BCUT2D eigenvalue weighted by molar-refractivity contribution is -0.117. The highest BCUT2D eigenvalue weighted by Crippen LogP contribution is 2.32. The molecule has 0 aliphatic carbocycles. The highest BCUT2D eigenvalue weighted by atomic mass is 16.5. The predicted molar refractivity (Wildman–Crippen MR) is 124 cm³/mol. The summed E-state index contributed by atoms with van der Waals surface area (Å²) in [5.74, 6) is 0.0736. The highest BCUT2D eigenvalue weighted by molar-refractivity contribution is 6.05. The second-order valence-electron chi connectivity index (χ2n) is 6.84. The van der Waals surface area contributed by atoms with E-state index in [2.05, 4.69) is 10.6 Å². The van der Waals surface area contributed by atoms with Crippen LogP contribution in [-0.2, 0) is 11.3 Å². The molecule has 4 N–H and O–H groups in total. The number of anilines is 1. The first-order chi connectivity index (χ1) is 15.5. The van der Waals surface area contributed by atoms with Crippen molar-refractivity contribution in [3.63, 3.8) is 0 Å². The number of nitrogens with one attached hydrogen (secondary N) is 2. The summed E-state index contributed by atoms with van der Waals surface area (Å²) in [5.41, 5.74) is 8.37. The fraction of sp³-hybridized carbons (Fsp3) is 0.120. The van der Waals surface area contributed by atoms with Gasteiger partial charge in [-0.15, -0.1) is 0 Å². The van der Waals surface area contributed by atoms with Crippen molar-refractivity contribution in [3.8, 4) is 11.5 Å². The van der Waals surface area contributed by atoms with Gasteiger partial charge >= 0.3 is 0 Å². The number of benzene rings is 3. The van der Waals surface area contributed by atoms with Crippen molar-refractivity contribution in [1.82, 2.24) is 10.6 Å². The van der Waals surface area contributed by atoms with E-state index < -0.39 is 11.8 Å². The Morgan fingerprint density at radius 3 is 2.31 bits per heavy atom. The molecule has 0 aliphatic heterocycles. The molecule has 2 amide bonds. The Hall–Kier alpha value is -4.26. The number of carbonyl (C=O) groups is 2. The van der Waals surface area contributed by atoms with Gasteiger partial charge in [0.15, 0.2) is 11.5 Å². The van der Waals surface area contributed by atoms with Gasteiger partial charge in [-0.1, -0.05) is 48.5 Å². The van der Waals surface area contributed by atoms with E-state index in [9.17, 15) is 9.59 Å². The molecule has 0 spiro atoms. The van der Waals surface area contributed by atoms with Crippen LogP contribution in [0.5, 0.6) is 11.5 Å². The zero-order valence-corrected chi connectivity index (χ0v) is 17.9. The van der Waals surface area contributed by atoms with Crippen LogP contribution < -0.4 is 25.8 Å². The smallest absolute Gasteiger partial charge is 0.268 e. The lowest BCUT2D eigenvalue weighted by Crippen LogP contribution is -2.34. The molecule has 0 atom stereocenters. The van der Waals surface area contributed by atoms with Crippen LogP contribution in [0.3, 0.4) is 0 Å².